The smallest absolute Gasteiger partial charge is 0.294 e. The average molecular weight is 927 g/mol. The zero-order chi connectivity index (χ0) is 42.9. The van der Waals surface area contributed by atoms with Crippen LogP contribution in [0, 0.1) is 11.8 Å². The summed E-state index contributed by atoms with van der Waals surface area (Å²) in [7, 11) is -8.65. The summed E-state index contributed by atoms with van der Waals surface area (Å²) in [5.74, 6) is -1.49. The number of nitrogens with zero attached hydrogens (tertiary/aromatic N) is 10. The number of halogens is 1. The first-order valence-corrected chi connectivity index (χ1v) is 23.4. The van der Waals surface area contributed by atoms with Gasteiger partial charge in [-0.25, -0.2) is 36.4 Å². The fraction of sp³-hybridized carbons (Fsp3) is 0.294. The number of tetrazole rings is 2. The summed E-state index contributed by atoms with van der Waals surface area (Å²) in [5.41, 5.74) is -0.221. The fourth-order valence-corrected chi connectivity index (χ4v) is 11.5. The summed E-state index contributed by atoms with van der Waals surface area (Å²) in [5, 5.41) is 29.9. The molecule has 2 aliphatic rings. The molecule has 61 heavy (non-hydrogen) atoms. The molecule has 4 N–H and O–H groups in total. The summed E-state index contributed by atoms with van der Waals surface area (Å²) in [4.78, 5) is 66.7. The highest BCUT2D eigenvalue weighted by Crippen LogP contribution is 2.39. The average Bonchev–Trinajstić information content (AvgIpc) is 4.09. The zero-order valence-electron chi connectivity index (χ0n) is 31.3. The molecule has 0 unspecified atom stereocenters. The molecule has 316 valence electrons. The van der Waals surface area contributed by atoms with Gasteiger partial charge in [0.1, 0.15) is 8.42 Å². The number of anilines is 4. The Balaban J connectivity index is 1.27. The first kappa shape index (κ1) is 41.6. The molecular formula is C34H31ClN14O8S4. The lowest BCUT2D eigenvalue weighted by molar-refractivity contribution is 0.0915. The highest BCUT2D eigenvalue weighted by molar-refractivity contribution is 7.93. The molecule has 22 nitrogen and oxygen atoms in total. The van der Waals surface area contributed by atoms with Gasteiger partial charge >= 0.3 is 12.1 Å². The first-order chi connectivity index (χ1) is 29.3. The van der Waals surface area contributed by atoms with Crippen molar-refractivity contribution in [1.29, 1.82) is 0 Å². The molecule has 4 heterocycles. The van der Waals surface area contributed by atoms with Crippen LogP contribution in [-0.2, 0) is 19.7 Å². The fourth-order valence-electron chi connectivity index (χ4n) is 7.07. The maximum Gasteiger partial charge on any atom is 0.347 e. The van der Waals surface area contributed by atoms with Gasteiger partial charge in [0, 0.05) is 28.0 Å². The van der Waals surface area contributed by atoms with Crippen LogP contribution < -0.4 is 20.7 Å². The molecule has 4 amide bonds. The molecular weight excluding hydrogens is 896 g/mol. The van der Waals surface area contributed by atoms with Crippen molar-refractivity contribution < 1.29 is 36.0 Å². The van der Waals surface area contributed by atoms with Crippen molar-refractivity contribution in [3.63, 3.8) is 0 Å². The van der Waals surface area contributed by atoms with E-state index in [4.69, 9.17) is 11.6 Å². The lowest BCUT2D eigenvalue weighted by Crippen LogP contribution is -2.54. The molecule has 0 atom stereocenters. The van der Waals surface area contributed by atoms with E-state index in [9.17, 15) is 36.0 Å². The monoisotopic (exact) mass is 926 g/mol. The van der Waals surface area contributed by atoms with Gasteiger partial charge in [0.15, 0.2) is 21.8 Å². The van der Waals surface area contributed by atoms with Crippen molar-refractivity contribution in [3.05, 3.63) is 71.0 Å². The molecule has 2 aromatic carbocycles. The van der Waals surface area contributed by atoms with Crippen molar-refractivity contribution in [1.82, 2.24) is 51.2 Å². The lowest BCUT2D eigenvalue weighted by atomic mass is 9.94. The van der Waals surface area contributed by atoms with E-state index < -0.39 is 53.9 Å². The van der Waals surface area contributed by atoms with Crippen LogP contribution in [0.5, 0.6) is 0 Å². The zero-order valence-corrected chi connectivity index (χ0v) is 35.3. The number of Topliss-reactive ketones (excluding diaryl/α,β-unsaturated/α-hetero) is 2. The minimum Gasteiger partial charge on any atom is -0.294 e. The van der Waals surface area contributed by atoms with Crippen LogP contribution in [0.1, 0.15) is 72.1 Å². The highest BCUT2D eigenvalue weighted by Gasteiger charge is 2.39. The van der Waals surface area contributed by atoms with E-state index in [1.807, 2.05) is 0 Å². The number of aromatic nitrogens is 10. The van der Waals surface area contributed by atoms with Gasteiger partial charge in [0.25, 0.3) is 30.0 Å². The summed E-state index contributed by atoms with van der Waals surface area (Å²) >= 11 is 7.57. The molecule has 0 saturated heterocycles. The molecule has 6 aromatic rings. The summed E-state index contributed by atoms with van der Waals surface area (Å²) < 4.78 is 52.0. The number of benzene rings is 2. The maximum absolute atomic E-state index is 15.0. The first-order valence-electron chi connectivity index (χ1n) is 18.4. The molecule has 0 spiro atoms. The van der Waals surface area contributed by atoms with E-state index in [1.165, 1.54) is 30.3 Å². The van der Waals surface area contributed by atoms with Crippen molar-refractivity contribution in [2.24, 2.45) is 11.8 Å². The number of H-pyrrole nitrogens is 2. The standard InChI is InChI=1S/C34H31ClN14O8S4/c35-20-13-14-24(22(15-20)28(51)19-9-3-4-10-19)49(34(53)39-30-37-17-26(59-30)61(56,57)32-42-46-47-43-32)48(23-12-6-5-11-21(23)27(50)18-7-1-2-8-18)33(52)38-29-36-16-25(58-29)60(54,55)31-40-44-45-41-31/h5-6,11-19H,1-4,7-10H2,(H,36,38,52)(H,37,39,53)(H,40,41,44,45)(H,42,43,46,47). The number of carbonyl (C=O) groups excluding carboxylic acids is 4. The number of amides is 4. The second-order valence-electron chi connectivity index (χ2n) is 13.7. The van der Waals surface area contributed by atoms with Crippen molar-refractivity contribution in [2.45, 2.75) is 70.1 Å². The van der Waals surface area contributed by atoms with Crippen molar-refractivity contribution in [3.8, 4) is 0 Å². The minimum atomic E-state index is -4.33. The van der Waals surface area contributed by atoms with Crippen LogP contribution >= 0.6 is 34.3 Å². The number of hydrogen-bond donors (Lipinski definition) is 4. The topological polar surface area (TPSA) is 302 Å². The predicted octanol–water partition coefficient (Wildman–Crippen LogP) is 5.38. The molecule has 2 aliphatic carbocycles. The Labute approximate surface area is 358 Å². The highest BCUT2D eigenvalue weighted by atomic mass is 35.5. The Kier molecular flexibility index (Phi) is 11.7. The van der Waals surface area contributed by atoms with Gasteiger partial charge in [-0.15, -0.1) is 10.2 Å². The number of hydrogen-bond acceptors (Lipinski definition) is 18. The van der Waals surface area contributed by atoms with Crippen molar-refractivity contribution >= 4 is 99.2 Å². The van der Waals surface area contributed by atoms with Crippen LogP contribution in [0.4, 0.5) is 31.2 Å². The summed E-state index contributed by atoms with van der Waals surface area (Å²) in [6.07, 6.45) is 7.46. The third kappa shape index (κ3) is 8.35. The van der Waals surface area contributed by atoms with Gasteiger partial charge in [0.05, 0.1) is 23.8 Å². The number of ketones is 2. The maximum atomic E-state index is 15.0. The number of para-hydroxylation sites is 1. The largest absolute Gasteiger partial charge is 0.347 e. The SMILES string of the molecule is O=C(c1ccccc1N(C(=O)Nc1ncc(S(=O)(=O)c2nn[nH]n2)s1)N(C(=O)Nc1ncc(S(=O)(=O)c2nn[nH]n2)s1)c1ccc(Cl)cc1C(=O)C1CCCC1)C1CCCC1. The van der Waals surface area contributed by atoms with Crippen LogP contribution in [0.15, 0.2) is 73.6 Å². The Morgan fingerprint density at radius 2 is 1.11 bits per heavy atom. The van der Waals surface area contributed by atoms with Gasteiger partial charge in [-0.2, -0.15) is 20.4 Å². The van der Waals surface area contributed by atoms with Crippen LogP contribution in [0.2, 0.25) is 5.02 Å². The number of rotatable bonds is 12. The predicted molar refractivity (Wildman–Crippen MR) is 217 cm³/mol. The second-order valence-corrected chi connectivity index (χ2v) is 20.4. The molecule has 2 saturated carbocycles. The molecule has 8 rings (SSSR count). The van der Waals surface area contributed by atoms with Crippen molar-refractivity contribution in [2.75, 3.05) is 20.7 Å². The third-order valence-corrected chi connectivity index (χ3v) is 16.0. The van der Waals surface area contributed by atoms with Gasteiger partial charge in [-0.05, 0) is 66.4 Å². The molecule has 2 fully saturated rings. The van der Waals surface area contributed by atoms with Crippen LogP contribution in [0.3, 0.4) is 0 Å². The number of urea groups is 2. The molecule has 0 radical (unpaired) electrons. The van der Waals surface area contributed by atoms with E-state index in [-0.39, 0.29) is 57.8 Å². The van der Waals surface area contributed by atoms with E-state index in [2.05, 4.69) is 61.8 Å². The van der Waals surface area contributed by atoms with E-state index in [1.54, 1.807) is 12.1 Å². The van der Waals surface area contributed by atoms with Gasteiger partial charge in [-0.1, -0.05) is 82.3 Å². The van der Waals surface area contributed by atoms with E-state index in [0.29, 0.717) is 48.4 Å². The molecule has 0 bridgehead atoms. The number of thiazole rings is 2. The van der Waals surface area contributed by atoms with Gasteiger partial charge in [0.2, 0.25) is 0 Å². The second kappa shape index (κ2) is 17.1. The van der Waals surface area contributed by atoms with E-state index >= 15 is 0 Å². The number of hydrazine groups is 1. The Bertz CT molecular complexity index is 2840. The molecule has 4 aromatic heterocycles. The van der Waals surface area contributed by atoms with Crippen LogP contribution in [-0.4, -0.2) is 91.7 Å². The Morgan fingerprint density at radius 3 is 1.59 bits per heavy atom. The number of aromatic amines is 2. The van der Waals surface area contributed by atoms with Crippen LogP contribution in [0.25, 0.3) is 0 Å². The van der Waals surface area contributed by atoms with E-state index in [0.717, 1.165) is 48.1 Å². The number of sulfone groups is 2. The van der Waals surface area contributed by atoms with Gasteiger partial charge < -0.3 is 0 Å². The molecule has 27 heteroatoms. The lowest BCUT2D eigenvalue weighted by Gasteiger charge is -2.36. The number of carbonyl (C=O) groups is 4. The third-order valence-electron chi connectivity index (χ3n) is 9.95. The van der Waals surface area contributed by atoms with Gasteiger partial charge in [-0.3, -0.25) is 20.2 Å². The normalized spacial score (nSPS) is 14.8. The minimum absolute atomic E-state index is 0.0331. The Morgan fingerprint density at radius 1 is 0.656 bits per heavy atom. The molecule has 0 aliphatic heterocycles. The quantitative estimate of drug-likeness (QED) is 0.0884. The number of nitrogens with one attached hydrogen (secondary N) is 4. The Hall–Kier alpha value is -6.09. The summed E-state index contributed by atoms with van der Waals surface area (Å²) in [6.45, 7) is 0. The summed E-state index contributed by atoms with van der Waals surface area (Å²) in [6, 6.07) is 7.95.